The van der Waals surface area contributed by atoms with Gasteiger partial charge in [-0.2, -0.15) is 0 Å². The molecule has 1 amide bonds. The number of fused-ring (bicyclic) bond motifs is 1. The Balaban J connectivity index is 1.89. The number of anilines is 2. The zero-order valence-corrected chi connectivity index (χ0v) is 16.7. The second kappa shape index (κ2) is 7.78. The zero-order valence-electron chi connectivity index (χ0n) is 15.2. The summed E-state index contributed by atoms with van der Waals surface area (Å²) >= 11 is 6.10. The van der Waals surface area contributed by atoms with Gasteiger partial charge >= 0.3 is 0 Å². The summed E-state index contributed by atoms with van der Waals surface area (Å²) in [5.74, 6) is 0.544. The van der Waals surface area contributed by atoms with Gasteiger partial charge in [0.05, 0.1) is 12.1 Å². The number of benzene rings is 2. The van der Waals surface area contributed by atoms with Crippen molar-refractivity contribution in [1.82, 2.24) is 0 Å². The third-order valence-electron chi connectivity index (χ3n) is 4.48. The van der Waals surface area contributed by atoms with E-state index in [1.807, 2.05) is 6.92 Å². The molecule has 8 heteroatoms. The topological polar surface area (TPSA) is 75.7 Å². The van der Waals surface area contributed by atoms with Crippen LogP contribution in [0.25, 0.3) is 0 Å². The van der Waals surface area contributed by atoms with Crippen LogP contribution < -0.4 is 14.4 Å². The van der Waals surface area contributed by atoms with E-state index in [1.165, 1.54) is 19.2 Å². The van der Waals surface area contributed by atoms with Crippen LogP contribution in [0, 0.1) is 0 Å². The van der Waals surface area contributed by atoms with Gasteiger partial charge in [-0.3, -0.25) is 9.52 Å². The van der Waals surface area contributed by atoms with Crippen molar-refractivity contribution in [2.24, 2.45) is 0 Å². The van der Waals surface area contributed by atoms with Gasteiger partial charge in [-0.15, -0.1) is 0 Å². The molecule has 0 aromatic heterocycles. The lowest BCUT2D eigenvalue weighted by molar-refractivity contribution is -0.118. The Labute approximate surface area is 164 Å². The van der Waals surface area contributed by atoms with Crippen LogP contribution in [0.2, 0.25) is 5.02 Å². The minimum atomic E-state index is -3.85. The Bertz CT molecular complexity index is 976. The maximum Gasteiger partial charge on any atom is 0.263 e. The molecular formula is C19H21ClN2O4S. The summed E-state index contributed by atoms with van der Waals surface area (Å²) in [5, 5.41) is 0.0829. The summed E-state index contributed by atoms with van der Waals surface area (Å²) in [6.07, 6.45) is 2.07. The largest absolute Gasteiger partial charge is 0.497 e. The highest BCUT2D eigenvalue weighted by molar-refractivity contribution is 7.92. The first-order valence-electron chi connectivity index (χ1n) is 8.65. The highest BCUT2D eigenvalue weighted by Gasteiger charge is 2.23. The number of amides is 1. The van der Waals surface area contributed by atoms with Crippen molar-refractivity contribution in [3.05, 3.63) is 47.0 Å². The maximum absolute atomic E-state index is 12.7. The molecule has 0 bridgehead atoms. The van der Waals surface area contributed by atoms with E-state index < -0.39 is 10.0 Å². The summed E-state index contributed by atoms with van der Waals surface area (Å²) in [6.45, 7) is 2.52. The van der Waals surface area contributed by atoms with Gasteiger partial charge in [0, 0.05) is 30.4 Å². The molecule has 0 saturated carbocycles. The van der Waals surface area contributed by atoms with Crippen LogP contribution in [0.15, 0.2) is 41.3 Å². The molecule has 2 aromatic carbocycles. The van der Waals surface area contributed by atoms with E-state index in [4.69, 9.17) is 16.3 Å². The lowest BCUT2D eigenvalue weighted by Crippen LogP contribution is -2.34. The van der Waals surface area contributed by atoms with Crippen molar-refractivity contribution in [2.75, 3.05) is 23.3 Å². The molecule has 27 heavy (non-hydrogen) atoms. The van der Waals surface area contributed by atoms with Gasteiger partial charge in [0.1, 0.15) is 10.6 Å². The van der Waals surface area contributed by atoms with Gasteiger partial charge in [0.25, 0.3) is 10.0 Å². The molecule has 2 aromatic rings. The number of carbonyl (C=O) groups is 1. The second-order valence-corrected chi connectivity index (χ2v) is 8.31. The van der Waals surface area contributed by atoms with Gasteiger partial charge in [-0.05, 0) is 48.7 Å². The van der Waals surface area contributed by atoms with Gasteiger partial charge in [0.15, 0.2) is 0 Å². The van der Waals surface area contributed by atoms with Crippen molar-refractivity contribution in [3.63, 3.8) is 0 Å². The van der Waals surface area contributed by atoms with E-state index in [0.717, 1.165) is 24.1 Å². The number of halogens is 1. The number of sulfonamides is 1. The Morgan fingerprint density at radius 2 is 2.04 bits per heavy atom. The predicted octanol–water partition coefficient (Wildman–Crippen LogP) is 3.84. The lowest BCUT2D eigenvalue weighted by Gasteiger charge is -2.29. The van der Waals surface area contributed by atoms with Crippen molar-refractivity contribution < 1.29 is 17.9 Å². The minimum Gasteiger partial charge on any atom is -0.497 e. The second-order valence-electron chi connectivity index (χ2n) is 6.25. The predicted molar refractivity (Wildman–Crippen MR) is 106 cm³/mol. The molecule has 3 rings (SSSR count). The highest BCUT2D eigenvalue weighted by atomic mass is 35.5. The summed E-state index contributed by atoms with van der Waals surface area (Å²) in [7, 11) is -2.36. The third-order valence-corrected chi connectivity index (χ3v) is 6.35. The van der Waals surface area contributed by atoms with Crippen LogP contribution in [0.4, 0.5) is 11.4 Å². The zero-order chi connectivity index (χ0) is 19.6. The molecule has 1 N–H and O–H groups in total. The monoisotopic (exact) mass is 408 g/mol. The molecule has 1 heterocycles. The molecule has 1 aliphatic rings. The van der Waals surface area contributed by atoms with Gasteiger partial charge in [-0.25, -0.2) is 8.42 Å². The standard InChI is InChI=1S/C19H21ClN2O4S/c1-3-19(23)22-10-4-5-13-11-14(6-8-17(13)22)21-27(24,25)18-9-7-15(26-2)12-16(18)20/h6-9,11-12,21H,3-5,10H2,1-2H3. The Morgan fingerprint density at radius 1 is 1.26 bits per heavy atom. The molecule has 6 nitrogen and oxygen atoms in total. The van der Waals surface area contributed by atoms with E-state index in [0.29, 0.717) is 24.4 Å². The number of hydrogen-bond donors (Lipinski definition) is 1. The fourth-order valence-corrected chi connectivity index (χ4v) is 4.73. The molecule has 0 saturated heterocycles. The highest BCUT2D eigenvalue weighted by Crippen LogP contribution is 2.32. The number of methoxy groups -OCH3 is 1. The van der Waals surface area contributed by atoms with Crippen LogP contribution in [0.5, 0.6) is 5.75 Å². The number of rotatable bonds is 5. The normalized spacial score (nSPS) is 13.8. The van der Waals surface area contributed by atoms with Gasteiger partial charge < -0.3 is 9.64 Å². The molecule has 144 valence electrons. The smallest absolute Gasteiger partial charge is 0.263 e. The fraction of sp³-hybridized carbons (Fsp3) is 0.316. The number of carbonyl (C=O) groups excluding carboxylic acids is 1. The average molecular weight is 409 g/mol. The van der Waals surface area contributed by atoms with E-state index in [1.54, 1.807) is 29.2 Å². The third kappa shape index (κ3) is 4.04. The van der Waals surface area contributed by atoms with Crippen LogP contribution >= 0.6 is 11.6 Å². The maximum atomic E-state index is 12.7. The first kappa shape index (κ1) is 19.5. The number of nitrogens with one attached hydrogen (secondary N) is 1. The van der Waals surface area contributed by atoms with Gasteiger partial charge in [-0.1, -0.05) is 18.5 Å². The SMILES string of the molecule is CCC(=O)N1CCCc2cc(NS(=O)(=O)c3ccc(OC)cc3Cl)ccc21. The van der Waals surface area contributed by atoms with E-state index in [2.05, 4.69) is 4.72 Å². The van der Waals surface area contributed by atoms with Crippen LogP contribution in [-0.2, 0) is 21.2 Å². The minimum absolute atomic E-state index is 0.0227. The first-order valence-corrected chi connectivity index (χ1v) is 10.5. The average Bonchev–Trinajstić information content (AvgIpc) is 2.65. The summed E-state index contributed by atoms with van der Waals surface area (Å²) in [6, 6.07) is 9.63. The number of hydrogen-bond acceptors (Lipinski definition) is 4. The van der Waals surface area contributed by atoms with Crippen molar-refractivity contribution in [1.29, 1.82) is 0 Å². The van der Waals surface area contributed by atoms with Crippen LogP contribution in [-0.4, -0.2) is 28.0 Å². The quantitative estimate of drug-likeness (QED) is 0.815. The molecule has 0 fully saturated rings. The number of aryl methyl sites for hydroxylation is 1. The van der Waals surface area contributed by atoms with E-state index >= 15 is 0 Å². The van der Waals surface area contributed by atoms with Gasteiger partial charge in [0.2, 0.25) is 5.91 Å². The van der Waals surface area contributed by atoms with E-state index in [-0.39, 0.29) is 15.8 Å². The summed E-state index contributed by atoms with van der Waals surface area (Å²) in [4.78, 5) is 13.8. The molecular weight excluding hydrogens is 388 g/mol. The number of nitrogens with zero attached hydrogens (tertiary/aromatic N) is 1. The molecule has 1 aliphatic heterocycles. The summed E-state index contributed by atoms with van der Waals surface area (Å²) < 4.78 is 33.0. The van der Waals surface area contributed by atoms with Crippen LogP contribution in [0.1, 0.15) is 25.3 Å². The molecule has 0 atom stereocenters. The molecule has 0 unspecified atom stereocenters. The Morgan fingerprint density at radius 3 is 2.70 bits per heavy atom. The Kier molecular flexibility index (Phi) is 5.62. The van der Waals surface area contributed by atoms with Crippen molar-refractivity contribution in [2.45, 2.75) is 31.1 Å². The Hall–Kier alpha value is -2.25. The van der Waals surface area contributed by atoms with E-state index in [9.17, 15) is 13.2 Å². The number of ether oxygens (including phenoxy) is 1. The molecule has 0 aliphatic carbocycles. The lowest BCUT2D eigenvalue weighted by atomic mass is 10.0. The summed E-state index contributed by atoms with van der Waals surface area (Å²) in [5.41, 5.74) is 2.23. The molecule has 0 radical (unpaired) electrons. The van der Waals surface area contributed by atoms with Crippen molar-refractivity contribution in [3.8, 4) is 5.75 Å². The van der Waals surface area contributed by atoms with Crippen LogP contribution in [0.3, 0.4) is 0 Å². The molecule has 0 spiro atoms. The van der Waals surface area contributed by atoms with Crippen molar-refractivity contribution >= 4 is 38.9 Å². The fourth-order valence-electron chi connectivity index (χ4n) is 3.15. The first-order chi connectivity index (χ1) is 12.9.